The van der Waals surface area contributed by atoms with Gasteiger partial charge in [-0.1, -0.05) is 36.4 Å². The van der Waals surface area contributed by atoms with Crippen LogP contribution in [0.25, 0.3) is 0 Å². The highest BCUT2D eigenvalue weighted by Gasteiger charge is 2.23. The first kappa shape index (κ1) is 22.5. The number of benzene rings is 3. The van der Waals surface area contributed by atoms with E-state index in [1.165, 1.54) is 11.6 Å². The van der Waals surface area contributed by atoms with E-state index in [1.807, 2.05) is 36.1 Å². The molecule has 0 saturated carbocycles. The number of hydrogen-bond acceptors (Lipinski definition) is 2. The van der Waals surface area contributed by atoms with Crippen molar-refractivity contribution in [1.82, 2.24) is 5.32 Å². The molecular weight excluding hydrogens is 424 g/mol. The summed E-state index contributed by atoms with van der Waals surface area (Å²) >= 11 is 0. The molecule has 0 bridgehead atoms. The normalized spacial score (nSPS) is 13.1. The third kappa shape index (κ3) is 5.03. The molecule has 0 unspecified atom stereocenters. The Kier molecular flexibility index (Phi) is 6.68. The van der Waals surface area contributed by atoms with Crippen molar-refractivity contribution in [3.05, 3.63) is 94.6 Å². The van der Waals surface area contributed by atoms with E-state index in [9.17, 15) is 18.4 Å². The van der Waals surface area contributed by atoms with Gasteiger partial charge in [0.25, 0.3) is 5.91 Å². The molecule has 0 atom stereocenters. The summed E-state index contributed by atoms with van der Waals surface area (Å²) in [7, 11) is 0. The maximum absolute atomic E-state index is 13.7. The van der Waals surface area contributed by atoms with Crippen LogP contribution in [0.3, 0.4) is 0 Å². The van der Waals surface area contributed by atoms with Gasteiger partial charge in [0.05, 0.1) is 0 Å². The van der Waals surface area contributed by atoms with Crippen molar-refractivity contribution in [2.24, 2.45) is 0 Å². The maximum atomic E-state index is 13.7. The minimum Gasteiger partial charge on any atom is -0.334 e. The number of aryl methyl sites for hydroxylation is 2. The number of carbonyl (C=O) groups excluding carboxylic acids is 2. The van der Waals surface area contributed by atoms with Gasteiger partial charge in [0.2, 0.25) is 0 Å². The first-order valence-corrected chi connectivity index (χ1v) is 10.9. The zero-order chi connectivity index (χ0) is 23.4. The molecule has 1 heterocycles. The Morgan fingerprint density at radius 3 is 2.48 bits per heavy atom. The van der Waals surface area contributed by atoms with Gasteiger partial charge in [0.15, 0.2) is 0 Å². The average molecular weight is 450 g/mol. The molecule has 3 aromatic carbocycles. The van der Waals surface area contributed by atoms with Gasteiger partial charge in [-0.2, -0.15) is 0 Å². The number of amides is 3. The van der Waals surface area contributed by atoms with E-state index in [0.717, 1.165) is 48.2 Å². The largest absolute Gasteiger partial charge is 0.334 e. The summed E-state index contributed by atoms with van der Waals surface area (Å²) in [5.41, 5.74) is 3.81. The summed E-state index contributed by atoms with van der Waals surface area (Å²) < 4.78 is 27.4. The number of para-hydroxylation sites is 2. The highest BCUT2D eigenvalue weighted by Crippen LogP contribution is 2.28. The van der Waals surface area contributed by atoms with E-state index in [0.29, 0.717) is 12.1 Å². The van der Waals surface area contributed by atoms with Crippen molar-refractivity contribution in [2.75, 3.05) is 16.8 Å². The Morgan fingerprint density at radius 1 is 0.970 bits per heavy atom. The molecule has 0 aliphatic carbocycles. The molecule has 1 aliphatic heterocycles. The average Bonchev–Trinajstić information content (AvgIpc) is 3.02. The first-order valence-electron chi connectivity index (χ1n) is 10.9. The van der Waals surface area contributed by atoms with Gasteiger partial charge in [-0.3, -0.25) is 4.79 Å². The van der Waals surface area contributed by atoms with E-state index in [2.05, 4.69) is 16.7 Å². The summed E-state index contributed by atoms with van der Waals surface area (Å²) in [6, 6.07) is 16.0. The van der Waals surface area contributed by atoms with E-state index in [1.54, 1.807) is 12.1 Å². The van der Waals surface area contributed by atoms with Crippen LogP contribution in [0, 0.1) is 18.6 Å². The third-order valence-electron chi connectivity index (χ3n) is 5.78. The van der Waals surface area contributed by atoms with Crippen LogP contribution in [0.5, 0.6) is 0 Å². The minimum atomic E-state index is -0.848. The number of carbonyl (C=O) groups is 2. The van der Waals surface area contributed by atoms with Crippen molar-refractivity contribution in [2.45, 2.75) is 32.7 Å². The summed E-state index contributed by atoms with van der Waals surface area (Å²) in [5, 5.41) is 4.77. The SMILES string of the molecule is Cc1cc(CNC(=O)Nc2c(F)cccc2F)ccc1C(=O)N1CCCCc2ccccc21. The molecule has 3 aromatic rings. The zero-order valence-electron chi connectivity index (χ0n) is 18.3. The second-order valence-electron chi connectivity index (χ2n) is 8.10. The quantitative estimate of drug-likeness (QED) is 0.546. The van der Waals surface area contributed by atoms with Crippen molar-refractivity contribution in [3.63, 3.8) is 0 Å². The molecule has 0 radical (unpaired) electrons. The van der Waals surface area contributed by atoms with Crippen molar-refractivity contribution >= 4 is 23.3 Å². The maximum Gasteiger partial charge on any atom is 0.319 e. The fraction of sp³-hybridized carbons (Fsp3) is 0.231. The predicted octanol–water partition coefficient (Wildman–Crippen LogP) is 5.58. The second-order valence-corrected chi connectivity index (χ2v) is 8.10. The number of urea groups is 1. The van der Waals surface area contributed by atoms with Crippen LogP contribution < -0.4 is 15.5 Å². The molecule has 0 spiro atoms. The Labute approximate surface area is 191 Å². The third-order valence-corrected chi connectivity index (χ3v) is 5.78. The summed E-state index contributed by atoms with van der Waals surface area (Å²) in [6.45, 7) is 2.67. The molecule has 0 fully saturated rings. The highest BCUT2D eigenvalue weighted by atomic mass is 19.1. The van der Waals surface area contributed by atoms with Crippen molar-refractivity contribution in [1.29, 1.82) is 0 Å². The lowest BCUT2D eigenvalue weighted by Crippen LogP contribution is -2.32. The lowest BCUT2D eigenvalue weighted by molar-refractivity contribution is 0.0986. The molecule has 0 aromatic heterocycles. The fourth-order valence-electron chi connectivity index (χ4n) is 4.08. The number of anilines is 2. The van der Waals surface area contributed by atoms with Gasteiger partial charge < -0.3 is 15.5 Å². The van der Waals surface area contributed by atoms with Crippen LogP contribution in [-0.4, -0.2) is 18.5 Å². The highest BCUT2D eigenvalue weighted by molar-refractivity contribution is 6.07. The molecule has 5 nitrogen and oxygen atoms in total. The number of hydrogen-bond donors (Lipinski definition) is 2. The van der Waals surface area contributed by atoms with Crippen LogP contribution in [0.4, 0.5) is 25.0 Å². The van der Waals surface area contributed by atoms with Gasteiger partial charge in [-0.25, -0.2) is 13.6 Å². The van der Waals surface area contributed by atoms with Gasteiger partial charge in [0.1, 0.15) is 17.3 Å². The molecule has 1 aliphatic rings. The standard InChI is InChI=1S/C26H25F2N3O2/c1-17-15-18(16-29-26(33)30-24-21(27)9-6-10-22(24)28)12-13-20(17)25(32)31-14-5-4-8-19-7-2-3-11-23(19)31/h2-3,6-7,9-13,15H,4-5,8,14,16H2,1H3,(H2,29,30,33). The van der Waals surface area contributed by atoms with E-state index in [-0.39, 0.29) is 12.5 Å². The van der Waals surface area contributed by atoms with Crippen LogP contribution in [0.1, 0.15) is 39.9 Å². The second kappa shape index (κ2) is 9.81. The van der Waals surface area contributed by atoms with Crippen LogP contribution >= 0.6 is 0 Å². The van der Waals surface area contributed by atoms with Crippen molar-refractivity contribution in [3.8, 4) is 0 Å². The Balaban J connectivity index is 1.44. The molecule has 170 valence electrons. The van der Waals surface area contributed by atoms with Gasteiger partial charge in [0, 0.05) is 24.3 Å². The first-order chi connectivity index (χ1) is 15.9. The zero-order valence-corrected chi connectivity index (χ0v) is 18.3. The Morgan fingerprint density at radius 2 is 1.73 bits per heavy atom. The molecule has 0 saturated heterocycles. The summed E-state index contributed by atoms with van der Waals surface area (Å²) in [5.74, 6) is -1.74. The lowest BCUT2D eigenvalue weighted by Gasteiger charge is -2.24. The molecular formula is C26H25F2N3O2. The molecule has 2 N–H and O–H groups in total. The van der Waals surface area contributed by atoms with Crippen LogP contribution in [-0.2, 0) is 13.0 Å². The van der Waals surface area contributed by atoms with Gasteiger partial charge >= 0.3 is 6.03 Å². The van der Waals surface area contributed by atoms with E-state index >= 15 is 0 Å². The smallest absolute Gasteiger partial charge is 0.319 e. The number of rotatable bonds is 4. The number of fused-ring (bicyclic) bond motifs is 1. The Bertz CT molecular complexity index is 1180. The van der Waals surface area contributed by atoms with Crippen LogP contribution in [0.2, 0.25) is 0 Å². The van der Waals surface area contributed by atoms with Crippen LogP contribution in [0.15, 0.2) is 60.7 Å². The Hall–Kier alpha value is -3.74. The number of halogens is 2. The van der Waals surface area contributed by atoms with E-state index in [4.69, 9.17) is 0 Å². The lowest BCUT2D eigenvalue weighted by atomic mass is 10.0. The minimum absolute atomic E-state index is 0.0471. The monoisotopic (exact) mass is 449 g/mol. The van der Waals surface area contributed by atoms with Gasteiger partial charge in [-0.15, -0.1) is 0 Å². The van der Waals surface area contributed by atoms with Gasteiger partial charge in [-0.05, 0) is 67.1 Å². The molecule has 7 heteroatoms. The predicted molar refractivity (Wildman–Crippen MR) is 124 cm³/mol. The summed E-state index contributed by atoms with van der Waals surface area (Å²) in [6.07, 6.45) is 2.95. The van der Waals surface area contributed by atoms with Crippen molar-refractivity contribution < 1.29 is 18.4 Å². The number of nitrogens with one attached hydrogen (secondary N) is 2. The fourth-order valence-corrected chi connectivity index (χ4v) is 4.08. The summed E-state index contributed by atoms with van der Waals surface area (Å²) in [4.78, 5) is 27.3. The molecule has 33 heavy (non-hydrogen) atoms. The topological polar surface area (TPSA) is 61.4 Å². The molecule has 3 amide bonds. The number of nitrogens with zero attached hydrogens (tertiary/aromatic N) is 1. The molecule has 4 rings (SSSR count). The van der Waals surface area contributed by atoms with E-state index < -0.39 is 23.4 Å².